The van der Waals surface area contributed by atoms with Crippen LogP contribution in [0, 0.1) is 0 Å². The molecule has 0 fully saturated rings. The minimum atomic E-state index is -0.659. The van der Waals surface area contributed by atoms with E-state index in [4.69, 9.17) is 4.74 Å². The molecule has 0 atom stereocenters. The smallest absolute Gasteiger partial charge is 0.329 e. The van der Waals surface area contributed by atoms with Gasteiger partial charge in [-0.05, 0) is 13.0 Å². The van der Waals surface area contributed by atoms with Crippen molar-refractivity contribution in [1.82, 2.24) is 14.5 Å². The van der Waals surface area contributed by atoms with E-state index in [9.17, 15) is 14.4 Å². The van der Waals surface area contributed by atoms with Crippen LogP contribution >= 0.6 is 0 Å². The molecular formula is C11H11N3O4. The van der Waals surface area contributed by atoms with Crippen molar-refractivity contribution in [1.29, 1.82) is 0 Å². The molecule has 2 aromatic rings. The normalized spacial score (nSPS) is 10.5. The van der Waals surface area contributed by atoms with Crippen molar-refractivity contribution in [3.8, 4) is 0 Å². The Bertz CT molecular complexity index is 701. The summed E-state index contributed by atoms with van der Waals surface area (Å²) in [5, 5.41) is 0.300. The van der Waals surface area contributed by atoms with Crippen molar-refractivity contribution in [2.45, 2.75) is 13.5 Å². The molecule has 0 saturated heterocycles. The van der Waals surface area contributed by atoms with Gasteiger partial charge in [0, 0.05) is 6.20 Å². The number of carbonyl (C=O) groups is 1. The number of rotatable bonds is 3. The molecule has 18 heavy (non-hydrogen) atoms. The molecule has 7 nitrogen and oxygen atoms in total. The summed E-state index contributed by atoms with van der Waals surface area (Å²) in [7, 11) is 0. The predicted molar refractivity (Wildman–Crippen MR) is 63.3 cm³/mol. The van der Waals surface area contributed by atoms with Crippen LogP contribution in [-0.2, 0) is 16.1 Å². The molecule has 2 aromatic heterocycles. The summed E-state index contributed by atoms with van der Waals surface area (Å²) in [5.41, 5.74) is -0.856. The minimum Gasteiger partial charge on any atom is -0.465 e. The summed E-state index contributed by atoms with van der Waals surface area (Å²) < 4.78 is 5.51. The first-order valence-electron chi connectivity index (χ1n) is 5.36. The summed E-state index contributed by atoms with van der Waals surface area (Å²) in [4.78, 5) is 41.3. The van der Waals surface area contributed by atoms with Crippen LogP contribution in [0.2, 0.25) is 0 Å². The molecule has 94 valence electrons. The molecular weight excluding hydrogens is 238 g/mol. The Morgan fingerprint density at radius 2 is 2.28 bits per heavy atom. The van der Waals surface area contributed by atoms with Gasteiger partial charge in [0.2, 0.25) is 0 Å². The van der Waals surface area contributed by atoms with Crippen molar-refractivity contribution in [2.75, 3.05) is 6.61 Å². The fourth-order valence-corrected chi connectivity index (χ4v) is 1.58. The van der Waals surface area contributed by atoms with Gasteiger partial charge in [-0.25, -0.2) is 9.36 Å². The van der Waals surface area contributed by atoms with Crippen molar-refractivity contribution >= 4 is 16.9 Å². The highest BCUT2D eigenvalue weighted by atomic mass is 16.5. The van der Waals surface area contributed by atoms with Crippen LogP contribution in [-0.4, -0.2) is 27.1 Å². The van der Waals surface area contributed by atoms with Crippen LogP contribution in [0.25, 0.3) is 10.9 Å². The highest BCUT2D eigenvalue weighted by molar-refractivity contribution is 5.76. The first-order valence-corrected chi connectivity index (χ1v) is 5.36. The number of carbonyl (C=O) groups excluding carboxylic acids is 1. The Balaban J connectivity index is 2.55. The van der Waals surface area contributed by atoms with E-state index >= 15 is 0 Å². The van der Waals surface area contributed by atoms with Crippen molar-refractivity contribution < 1.29 is 9.53 Å². The van der Waals surface area contributed by atoms with Crippen molar-refractivity contribution in [2.24, 2.45) is 0 Å². The van der Waals surface area contributed by atoms with Crippen LogP contribution in [0.3, 0.4) is 0 Å². The monoisotopic (exact) mass is 249 g/mol. The SMILES string of the molecule is CCOC(=O)Cn1c(=O)[nH]c2cnccc2c1=O. The van der Waals surface area contributed by atoms with Gasteiger partial charge in [0.1, 0.15) is 6.54 Å². The Morgan fingerprint density at radius 3 is 3.00 bits per heavy atom. The van der Waals surface area contributed by atoms with E-state index in [0.29, 0.717) is 10.9 Å². The zero-order valence-electron chi connectivity index (χ0n) is 9.67. The Kier molecular flexibility index (Phi) is 3.22. The summed E-state index contributed by atoms with van der Waals surface area (Å²) in [5.74, 6) is -0.626. The van der Waals surface area contributed by atoms with Gasteiger partial charge < -0.3 is 9.72 Å². The predicted octanol–water partition coefficient (Wildman–Crippen LogP) is -0.352. The number of pyridine rings is 1. The number of hydrogen-bond donors (Lipinski definition) is 1. The standard InChI is InChI=1S/C11H11N3O4/c1-2-18-9(15)6-14-10(16)7-3-4-12-5-8(7)13-11(14)17/h3-5H,2,6H2,1H3,(H,13,17). The number of H-pyrrole nitrogens is 1. The molecule has 7 heteroatoms. The number of aromatic nitrogens is 3. The number of nitrogens with one attached hydrogen (secondary N) is 1. The third-order valence-corrected chi connectivity index (χ3v) is 2.38. The second-order valence-electron chi connectivity index (χ2n) is 3.55. The van der Waals surface area contributed by atoms with Gasteiger partial charge in [-0.1, -0.05) is 0 Å². The average Bonchev–Trinajstić information content (AvgIpc) is 2.35. The Labute approximate surface area is 101 Å². The van der Waals surface area contributed by atoms with Crippen LogP contribution in [0.5, 0.6) is 0 Å². The van der Waals surface area contributed by atoms with E-state index in [1.807, 2.05) is 0 Å². The van der Waals surface area contributed by atoms with E-state index < -0.39 is 23.8 Å². The summed E-state index contributed by atoms with van der Waals surface area (Å²) in [6.45, 7) is 1.44. The van der Waals surface area contributed by atoms with Gasteiger partial charge >= 0.3 is 11.7 Å². The summed E-state index contributed by atoms with van der Waals surface area (Å²) >= 11 is 0. The van der Waals surface area contributed by atoms with Gasteiger partial charge in [0.15, 0.2) is 0 Å². The van der Waals surface area contributed by atoms with Gasteiger partial charge in [-0.3, -0.25) is 14.6 Å². The maximum Gasteiger partial charge on any atom is 0.329 e. The molecule has 0 aliphatic rings. The average molecular weight is 249 g/mol. The van der Waals surface area contributed by atoms with E-state index in [0.717, 1.165) is 4.57 Å². The third kappa shape index (κ3) is 2.15. The molecule has 2 rings (SSSR count). The topological polar surface area (TPSA) is 94.1 Å². The lowest BCUT2D eigenvalue weighted by Crippen LogP contribution is -2.37. The molecule has 0 unspecified atom stereocenters. The van der Waals surface area contributed by atoms with Crippen molar-refractivity contribution in [3.63, 3.8) is 0 Å². The fraction of sp³-hybridized carbons (Fsp3) is 0.273. The van der Waals surface area contributed by atoms with Gasteiger partial charge in [-0.2, -0.15) is 0 Å². The first kappa shape index (κ1) is 12.0. The van der Waals surface area contributed by atoms with E-state index in [1.165, 1.54) is 18.5 Å². The number of nitrogens with zero attached hydrogens (tertiary/aromatic N) is 2. The molecule has 0 saturated carbocycles. The molecule has 0 aromatic carbocycles. The summed E-state index contributed by atoms with van der Waals surface area (Å²) in [6.07, 6.45) is 2.82. The van der Waals surface area contributed by atoms with Gasteiger partial charge in [0.05, 0.1) is 23.7 Å². The highest BCUT2D eigenvalue weighted by Gasteiger charge is 2.11. The summed E-state index contributed by atoms with van der Waals surface area (Å²) in [6, 6.07) is 1.48. The number of hydrogen-bond acceptors (Lipinski definition) is 5. The van der Waals surface area contributed by atoms with Crippen LogP contribution < -0.4 is 11.2 Å². The molecule has 0 aliphatic carbocycles. The quantitative estimate of drug-likeness (QED) is 0.750. The van der Waals surface area contributed by atoms with Crippen LogP contribution in [0.1, 0.15) is 6.92 Å². The maximum absolute atomic E-state index is 12.0. The van der Waals surface area contributed by atoms with Gasteiger partial charge in [0.25, 0.3) is 5.56 Å². The van der Waals surface area contributed by atoms with E-state index in [1.54, 1.807) is 6.92 Å². The molecule has 0 aliphatic heterocycles. The second-order valence-corrected chi connectivity index (χ2v) is 3.55. The molecule has 1 N–H and O–H groups in total. The molecule has 0 radical (unpaired) electrons. The Hall–Kier alpha value is -2.44. The second kappa shape index (κ2) is 4.82. The van der Waals surface area contributed by atoms with E-state index in [-0.39, 0.29) is 6.61 Å². The lowest BCUT2D eigenvalue weighted by Gasteiger charge is -2.05. The largest absolute Gasteiger partial charge is 0.465 e. The Morgan fingerprint density at radius 1 is 1.50 bits per heavy atom. The van der Waals surface area contributed by atoms with Gasteiger partial charge in [-0.15, -0.1) is 0 Å². The lowest BCUT2D eigenvalue weighted by atomic mass is 10.3. The number of esters is 1. The van der Waals surface area contributed by atoms with Crippen LogP contribution in [0.15, 0.2) is 28.0 Å². The molecule has 0 amide bonds. The zero-order chi connectivity index (χ0) is 13.1. The van der Waals surface area contributed by atoms with E-state index in [2.05, 4.69) is 9.97 Å². The van der Waals surface area contributed by atoms with Crippen LogP contribution in [0.4, 0.5) is 0 Å². The lowest BCUT2D eigenvalue weighted by molar-refractivity contribution is -0.143. The minimum absolute atomic E-state index is 0.197. The van der Waals surface area contributed by atoms with Crippen molar-refractivity contribution in [3.05, 3.63) is 39.3 Å². The molecule has 0 spiro atoms. The highest BCUT2D eigenvalue weighted by Crippen LogP contribution is 2.00. The zero-order valence-corrected chi connectivity index (χ0v) is 9.67. The molecule has 2 heterocycles. The first-order chi connectivity index (χ1) is 8.63. The fourth-order valence-electron chi connectivity index (χ4n) is 1.58. The molecule has 0 bridgehead atoms. The third-order valence-electron chi connectivity index (χ3n) is 2.38. The number of ether oxygens (including phenoxy) is 1. The maximum atomic E-state index is 12.0. The number of fused-ring (bicyclic) bond motifs is 1. The number of aromatic amines is 1.